The average molecular weight is 279 g/mol. The van der Waals surface area contributed by atoms with E-state index in [1.165, 1.54) is 6.20 Å². The lowest BCUT2D eigenvalue weighted by Crippen LogP contribution is -2.47. The molecule has 0 saturated carbocycles. The predicted octanol–water partition coefficient (Wildman–Crippen LogP) is 2.82. The van der Waals surface area contributed by atoms with Crippen molar-refractivity contribution in [3.05, 3.63) is 29.8 Å². The van der Waals surface area contributed by atoms with Gasteiger partial charge >= 0.3 is 0 Å². The summed E-state index contributed by atoms with van der Waals surface area (Å²) >= 11 is 0. The number of hydrogen-bond acceptors (Lipinski definition) is 3. The minimum Gasteiger partial charge on any atom is -0.312 e. The van der Waals surface area contributed by atoms with Crippen LogP contribution < -0.4 is 5.32 Å². The zero-order valence-electron chi connectivity index (χ0n) is 13.0. The molecule has 2 atom stereocenters. The molecule has 1 aliphatic rings. The van der Waals surface area contributed by atoms with Crippen molar-refractivity contribution < 1.29 is 4.39 Å². The first-order chi connectivity index (χ1) is 9.36. The molecule has 0 radical (unpaired) electrons. The van der Waals surface area contributed by atoms with Crippen molar-refractivity contribution >= 4 is 0 Å². The van der Waals surface area contributed by atoms with Crippen LogP contribution in [0.15, 0.2) is 18.5 Å². The summed E-state index contributed by atoms with van der Waals surface area (Å²) in [5, 5.41) is 3.65. The Kier molecular flexibility index (Phi) is 4.76. The highest BCUT2D eigenvalue weighted by atomic mass is 19.1. The quantitative estimate of drug-likeness (QED) is 0.902. The number of nitrogens with zero attached hydrogens (tertiary/aromatic N) is 2. The van der Waals surface area contributed by atoms with Crippen LogP contribution in [0.25, 0.3) is 0 Å². The number of aromatic nitrogens is 1. The van der Waals surface area contributed by atoms with E-state index in [0.717, 1.165) is 31.6 Å². The third-order valence-corrected chi connectivity index (χ3v) is 4.19. The van der Waals surface area contributed by atoms with Gasteiger partial charge in [0.25, 0.3) is 0 Å². The second-order valence-corrected chi connectivity index (χ2v) is 6.95. The van der Waals surface area contributed by atoms with Gasteiger partial charge in [0.1, 0.15) is 5.82 Å². The van der Waals surface area contributed by atoms with Crippen LogP contribution in [-0.4, -0.2) is 35.1 Å². The first kappa shape index (κ1) is 15.4. The first-order valence-electron chi connectivity index (χ1n) is 7.43. The van der Waals surface area contributed by atoms with Crippen LogP contribution in [0.2, 0.25) is 0 Å². The fourth-order valence-electron chi connectivity index (χ4n) is 2.71. The molecule has 2 rings (SSSR count). The summed E-state index contributed by atoms with van der Waals surface area (Å²) in [5.41, 5.74) is 1.18. The number of halogens is 1. The molecule has 2 heterocycles. The van der Waals surface area contributed by atoms with E-state index in [1.54, 1.807) is 12.3 Å². The highest BCUT2D eigenvalue weighted by Gasteiger charge is 2.30. The number of nitrogens with one attached hydrogen (secondary N) is 1. The summed E-state index contributed by atoms with van der Waals surface area (Å²) in [6, 6.07) is 2.54. The van der Waals surface area contributed by atoms with E-state index in [4.69, 9.17) is 0 Å². The molecule has 0 aliphatic carbocycles. The molecule has 0 amide bonds. The lowest BCUT2D eigenvalue weighted by atomic mass is 9.86. The van der Waals surface area contributed by atoms with E-state index < -0.39 is 0 Å². The number of rotatable bonds is 2. The molecule has 4 heteroatoms. The zero-order chi connectivity index (χ0) is 14.8. The van der Waals surface area contributed by atoms with Crippen molar-refractivity contribution in [2.45, 2.75) is 52.7 Å². The van der Waals surface area contributed by atoms with Crippen molar-refractivity contribution in [3.63, 3.8) is 0 Å². The summed E-state index contributed by atoms with van der Waals surface area (Å²) in [4.78, 5) is 6.39. The van der Waals surface area contributed by atoms with Gasteiger partial charge in [0.2, 0.25) is 0 Å². The summed E-state index contributed by atoms with van der Waals surface area (Å²) in [6.07, 6.45) is 4.14. The van der Waals surface area contributed by atoms with Crippen LogP contribution in [0.5, 0.6) is 0 Å². The minimum absolute atomic E-state index is 0.225. The van der Waals surface area contributed by atoms with E-state index >= 15 is 0 Å². The van der Waals surface area contributed by atoms with Crippen LogP contribution in [0.1, 0.15) is 39.7 Å². The fraction of sp³-hybridized carbons (Fsp3) is 0.688. The second kappa shape index (κ2) is 6.19. The van der Waals surface area contributed by atoms with E-state index in [9.17, 15) is 4.39 Å². The molecule has 1 aromatic rings. The third-order valence-electron chi connectivity index (χ3n) is 4.19. The lowest BCUT2D eigenvalue weighted by Gasteiger charge is -2.35. The largest absolute Gasteiger partial charge is 0.312 e. The van der Waals surface area contributed by atoms with Crippen LogP contribution in [0.4, 0.5) is 4.39 Å². The van der Waals surface area contributed by atoms with Crippen molar-refractivity contribution in [3.8, 4) is 0 Å². The van der Waals surface area contributed by atoms with Gasteiger partial charge in [-0.25, -0.2) is 4.39 Å². The van der Waals surface area contributed by atoms with E-state index in [-0.39, 0.29) is 11.2 Å². The van der Waals surface area contributed by atoms with Crippen molar-refractivity contribution in [2.75, 3.05) is 13.1 Å². The number of pyridine rings is 1. The Labute approximate surface area is 121 Å². The maximum absolute atomic E-state index is 13.3. The second-order valence-electron chi connectivity index (χ2n) is 6.95. The molecular formula is C16H26FN3. The first-order valence-corrected chi connectivity index (χ1v) is 7.43. The smallest absolute Gasteiger partial charge is 0.141 e. The van der Waals surface area contributed by atoms with Gasteiger partial charge in [-0.3, -0.25) is 9.88 Å². The van der Waals surface area contributed by atoms with Crippen molar-refractivity contribution in [1.29, 1.82) is 0 Å². The normalized spacial score (nSPS) is 25.4. The van der Waals surface area contributed by atoms with Gasteiger partial charge < -0.3 is 5.32 Å². The summed E-state index contributed by atoms with van der Waals surface area (Å²) in [7, 11) is 0. The molecular weight excluding hydrogens is 253 g/mol. The van der Waals surface area contributed by atoms with E-state index in [2.05, 4.69) is 42.9 Å². The molecule has 20 heavy (non-hydrogen) atoms. The molecule has 1 aliphatic heterocycles. The Morgan fingerprint density at radius 3 is 2.80 bits per heavy atom. The Bertz CT molecular complexity index is 442. The molecule has 1 aromatic heterocycles. The van der Waals surface area contributed by atoms with Crippen LogP contribution in [0.3, 0.4) is 0 Å². The topological polar surface area (TPSA) is 28.2 Å². The SMILES string of the molecule is CC1CCNC(C(C)(C)C)CN1Cc1cncc(F)c1. The Morgan fingerprint density at radius 1 is 1.40 bits per heavy atom. The highest BCUT2D eigenvalue weighted by Crippen LogP contribution is 2.24. The Morgan fingerprint density at radius 2 is 2.15 bits per heavy atom. The molecule has 2 unspecified atom stereocenters. The van der Waals surface area contributed by atoms with E-state index in [0.29, 0.717) is 12.1 Å². The summed E-state index contributed by atoms with van der Waals surface area (Å²) in [5.74, 6) is -0.254. The van der Waals surface area contributed by atoms with Crippen LogP contribution in [-0.2, 0) is 6.54 Å². The minimum atomic E-state index is -0.254. The summed E-state index contributed by atoms with van der Waals surface area (Å²) in [6.45, 7) is 11.8. The lowest BCUT2D eigenvalue weighted by molar-refractivity contribution is 0.157. The molecule has 3 nitrogen and oxygen atoms in total. The Balaban J connectivity index is 2.11. The standard InChI is InChI=1S/C16H26FN3/c1-12-5-6-19-15(16(2,3)4)11-20(12)10-13-7-14(17)9-18-8-13/h7-9,12,15,19H,5-6,10-11H2,1-4H3. The highest BCUT2D eigenvalue weighted by molar-refractivity contribution is 5.10. The number of hydrogen-bond donors (Lipinski definition) is 1. The molecule has 1 fully saturated rings. The van der Waals surface area contributed by atoms with Crippen molar-refractivity contribution in [1.82, 2.24) is 15.2 Å². The Hall–Kier alpha value is -1.00. The fourth-order valence-corrected chi connectivity index (χ4v) is 2.71. The molecule has 1 N–H and O–H groups in total. The predicted molar refractivity (Wildman–Crippen MR) is 79.9 cm³/mol. The average Bonchev–Trinajstić information content (AvgIpc) is 2.52. The van der Waals surface area contributed by atoms with Gasteiger partial charge in [0.05, 0.1) is 6.20 Å². The maximum atomic E-state index is 13.3. The summed E-state index contributed by atoms with van der Waals surface area (Å²) < 4.78 is 13.3. The van der Waals surface area contributed by atoms with Gasteiger partial charge in [-0.05, 0) is 36.9 Å². The van der Waals surface area contributed by atoms with Gasteiger partial charge in [-0.1, -0.05) is 20.8 Å². The molecule has 0 spiro atoms. The van der Waals surface area contributed by atoms with Gasteiger partial charge in [0.15, 0.2) is 0 Å². The molecule has 0 bridgehead atoms. The van der Waals surface area contributed by atoms with Gasteiger partial charge in [-0.15, -0.1) is 0 Å². The molecule has 0 aromatic carbocycles. The third kappa shape index (κ3) is 4.00. The van der Waals surface area contributed by atoms with Crippen LogP contribution >= 0.6 is 0 Å². The maximum Gasteiger partial charge on any atom is 0.141 e. The van der Waals surface area contributed by atoms with Crippen LogP contribution in [0, 0.1) is 11.2 Å². The molecule has 112 valence electrons. The van der Waals surface area contributed by atoms with E-state index in [1.807, 2.05) is 0 Å². The van der Waals surface area contributed by atoms with Crippen molar-refractivity contribution in [2.24, 2.45) is 5.41 Å². The van der Waals surface area contributed by atoms with Gasteiger partial charge in [0, 0.05) is 31.4 Å². The zero-order valence-corrected chi connectivity index (χ0v) is 13.0. The molecule has 1 saturated heterocycles. The monoisotopic (exact) mass is 279 g/mol. The van der Waals surface area contributed by atoms with Gasteiger partial charge in [-0.2, -0.15) is 0 Å².